The number of anilines is 2. The Bertz CT molecular complexity index is 1030. The van der Waals surface area contributed by atoms with Crippen LogP contribution in [-0.4, -0.2) is 28.5 Å². The van der Waals surface area contributed by atoms with Gasteiger partial charge in [0.05, 0.1) is 0 Å². The lowest BCUT2D eigenvalue weighted by molar-refractivity contribution is -0.122. The number of amides is 1. The number of aromatic nitrogens is 2. The van der Waals surface area contributed by atoms with Gasteiger partial charge < -0.3 is 16.0 Å². The Morgan fingerprint density at radius 3 is 2.50 bits per heavy atom. The summed E-state index contributed by atoms with van der Waals surface area (Å²) in [6.07, 6.45) is 8.82. The lowest BCUT2D eigenvalue weighted by Gasteiger charge is -2.22. The maximum absolute atomic E-state index is 13.2. The van der Waals surface area contributed by atoms with Crippen LogP contribution in [0.1, 0.15) is 48.8 Å². The van der Waals surface area contributed by atoms with Gasteiger partial charge in [0.15, 0.2) is 0 Å². The smallest absolute Gasteiger partial charge is 0.243 e. The molecule has 0 saturated heterocycles. The molecular formula is C28H35N5O. The second-order valence-corrected chi connectivity index (χ2v) is 9.24. The van der Waals surface area contributed by atoms with E-state index in [2.05, 4.69) is 45.0 Å². The van der Waals surface area contributed by atoms with Crippen molar-refractivity contribution in [2.75, 3.05) is 17.2 Å². The molecule has 3 aromatic rings. The van der Waals surface area contributed by atoms with Gasteiger partial charge >= 0.3 is 0 Å². The third kappa shape index (κ3) is 7.30. The maximum Gasteiger partial charge on any atom is 0.243 e. The minimum absolute atomic E-state index is 0.0558. The van der Waals surface area contributed by atoms with Crippen molar-refractivity contribution in [1.29, 1.82) is 0 Å². The third-order valence-corrected chi connectivity index (χ3v) is 6.44. The Balaban J connectivity index is 1.41. The quantitative estimate of drug-likeness (QED) is 0.394. The van der Waals surface area contributed by atoms with E-state index in [-0.39, 0.29) is 5.91 Å². The van der Waals surface area contributed by atoms with Crippen LogP contribution in [0.25, 0.3) is 0 Å². The molecule has 0 aliphatic heterocycles. The minimum atomic E-state index is -0.450. The van der Waals surface area contributed by atoms with Gasteiger partial charge in [0.1, 0.15) is 11.9 Å². The van der Waals surface area contributed by atoms with E-state index in [1.807, 2.05) is 48.5 Å². The first-order valence-electron chi connectivity index (χ1n) is 12.4. The Kier molecular flexibility index (Phi) is 8.49. The molecule has 1 aliphatic rings. The first-order valence-corrected chi connectivity index (χ1v) is 12.4. The van der Waals surface area contributed by atoms with Crippen LogP contribution in [0.3, 0.4) is 0 Å². The van der Waals surface area contributed by atoms with Crippen LogP contribution in [0.4, 0.5) is 11.8 Å². The van der Waals surface area contributed by atoms with Gasteiger partial charge in [0, 0.05) is 25.7 Å². The minimum Gasteiger partial charge on any atom is -0.358 e. The number of carbonyl (C=O) groups excluding carboxylic acids is 1. The molecule has 1 heterocycles. The summed E-state index contributed by atoms with van der Waals surface area (Å²) >= 11 is 0. The molecule has 0 spiro atoms. The normalized spacial score (nSPS) is 14.9. The largest absolute Gasteiger partial charge is 0.358 e. The van der Waals surface area contributed by atoms with Crippen molar-refractivity contribution in [3.05, 3.63) is 83.6 Å². The maximum atomic E-state index is 13.2. The summed E-state index contributed by atoms with van der Waals surface area (Å²) in [6, 6.07) is 19.6. The summed E-state index contributed by atoms with van der Waals surface area (Å²) in [5, 5.41) is 9.82. The highest BCUT2D eigenvalue weighted by Crippen LogP contribution is 2.23. The van der Waals surface area contributed by atoms with Crippen LogP contribution in [0, 0.1) is 12.8 Å². The van der Waals surface area contributed by atoms with E-state index in [4.69, 9.17) is 0 Å². The molecule has 2 aromatic carbocycles. The second-order valence-electron chi connectivity index (χ2n) is 9.24. The number of benzene rings is 2. The number of hydrogen-bond donors (Lipinski definition) is 3. The lowest BCUT2D eigenvalue weighted by atomic mass is 9.89. The molecule has 0 bridgehead atoms. The molecule has 6 heteroatoms. The van der Waals surface area contributed by atoms with E-state index >= 15 is 0 Å². The zero-order chi connectivity index (χ0) is 23.6. The van der Waals surface area contributed by atoms with Crippen molar-refractivity contribution in [3.8, 4) is 0 Å². The molecular weight excluding hydrogens is 422 g/mol. The number of nitrogens with one attached hydrogen (secondary N) is 3. The van der Waals surface area contributed by atoms with Crippen LogP contribution in [0.2, 0.25) is 0 Å². The topological polar surface area (TPSA) is 78.9 Å². The van der Waals surface area contributed by atoms with Gasteiger partial charge in [-0.2, -0.15) is 4.98 Å². The molecule has 1 fully saturated rings. The number of aryl methyl sites for hydroxylation is 1. The Labute approximate surface area is 202 Å². The molecule has 1 atom stereocenters. The summed E-state index contributed by atoms with van der Waals surface area (Å²) in [5.74, 6) is 1.88. The predicted molar refractivity (Wildman–Crippen MR) is 138 cm³/mol. The highest BCUT2D eigenvalue weighted by Gasteiger charge is 2.20. The fourth-order valence-corrected chi connectivity index (χ4v) is 4.41. The van der Waals surface area contributed by atoms with E-state index in [0.29, 0.717) is 30.6 Å². The molecule has 1 aliphatic carbocycles. The van der Waals surface area contributed by atoms with Crippen molar-refractivity contribution >= 4 is 17.7 Å². The molecule has 34 heavy (non-hydrogen) atoms. The van der Waals surface area contributed by atoms with Crippen LogP contribution in [0.15, 0.2) is 66.9 Å². The van der Waals surface area contributed by atoms with Crippen molar-refractivity contribution in [2.24, 2.45) is 5.92 Å². The second kappa shape index (κ2) is 12.2. The molecule has 4 rings (SSSR count). The van der Waals surface area contributed by atoms with Gasteiger partial charge in [-0.25, -0.2) is 4.98 Å². The molecule has 0 unspecified atom stereocenters. The number of rotatable bonds is 10. The van der Waals surface area contributed by atoms with Crippen molar-refractivity contribution < 1.29 is 4.79 Å². The number of hydrogen-bond acceptors (Lipinski definition) is 5. The number of carbonyl (C=O) groups is 1. The van der Waals surface area contributed by atoms with E-state index in [1.54, 1.807) is 6.20 Å². The van der Waals surface area contributed by atoms with Crippen LogP contribution in [0.5, 0.6) is 0 Å². The standard InChI is InChI=1S/C28H35N5O/c1-21-12-14-24(15-13-21)19-30-27(34)25(18-22-8-4-2-5-9-22)32-26-16-17-29-28(33-26)31-20-23-10-6-3-7-11-23/h2,4-5,8-9,12-17,23,25H,3,6-7,10-11,18-20H2,1H3,(H,30,34)(H2,29,31,32,33)/t25-/m0/s1. The molecule has 6 nitrogen and oxygen atoms in total. The third-order valence-electron chi connectivity index (χ3n) is 6.44. The Morgan fingerprint density at radius 1 is 0.971 bits per heavy atom. The Morgan fingerprint density at radius 2 is 1.74 bits per heavy atom. The van der Waals surface area contributed by atoms with Gasteiger partial charge in [0.2, 0.25) is 11.9 Å². The molecule has 178 valence electrons. The van der Waals surface area contributed by atoms with Crippen molar-refractivity contribution in [2.45, 2.75) is 58.0 Å². The zero-order valence-corrected chi connectivity index (χ0v) is 20.0. The van der Waals surface area contributed by atoms with Gasteiger partial charge in [-0.05, 0) is 42.9 Å². The van der Waals surface area contributed by atoms with E-state index in [1.165, 1.54) is 37.7 Å². The average Bonchev–Trinajstić information content (AvgIpc) is 2.88. The van der Waals surface area contributed by atoms with Gasteiger partial charge in [-0.1, -0.05) is 79.4 Å². The van der Waals surface area contributed by atoms with Crippen LogP contribution < -0.4 is 16.0 Å². The summed E-state index contributed by atoms with van der Waals surface area (Å²) in [5.41, 5.74) is 3.37. The van der Waals surface area contributed by atoms with E-state index < -0.39 is 6.04 Å². The number of nitrogens with zero attached hydrogens (tertiary/aromatic N) is 2. The zero-order valence-electron chi connectivity index (χ0n) is 20.0. The van der Waals surface area contributed by atoms with Crippen LogP contribution >= 0.6 is 0 Å². The van der Waals surface area contributed by atoms with Crippen molar-refractivity contribution in [1.82, 2.24) is 15.3 Å². The predicted octanol–water partition coefficient (Wildman–Crippen LogP) is 5.12. The van der Waals surface area contributed by atoms with Gasteiger partial charge in [-0.15, -0.1) is 0 Å². The average molecular weight is 458 g/mol. The van der Waals surface area contributed by atoms with Gasteiger partial charge in [-0.3, -0.25) is 4.79 Å². The molecule has 0 radical (unpaired) electrons. The summed E-state index contributed by atoms with van der Waals surface area (Å²) in [6.45, 7) is 3.44. The summed E-state index contributed by atoms with van der Waals surface area (Å²) in [4.78, 5) is 22.2. The van der Waals surface area contributed by atoms with Crippen molar-refractivity contribution in [3.63, 3.8) is 0 Å². The van der Waals surface area contributed by atoms with Crippen LogP contribution in [-0.2, 0) is 17.8 Å². The summed E-state index contributed by atoms with van der Waals surface area (Å²) in [7, 11) is 0. The SMILES string of the molecule is Cc1ccc(CNC(=O)[C@H](Cc2ccccc2)Nc2ccnc(NCC3CCCCC3)n2)cc1. The molecule has 1 amide bonds. The lowest BCUT2D eigenvalue weighted by Crippen LogP contribution is -2.41. The summed E-state index contributed by atoms with van der Waals surface area (Å²) < 4.78 is 0. The first kappa shape index (κ1) is 23.7. The highest BCUT2D eigenvalue weighted by molar-refractivity contribution is 5.84. The van der Waals surface area contributed by atoms with Gasteiger partial charge in [0.25, 0.3) is 0 Å². The highest BCUT2D eigenvalue weighted by atomic mass is 16.2. The fraction of sp³-hybridized carbons (Fsp3) is 0.393. The molecule has 3 N–H and O–H groups in total. The molecule has 1 aromatic heterocycles. The van der Waals surface area contributed by atoms with E-state index in [9.17, 15) is 4.79 Å². The Hall–Kier alpha value is -3.41. The fourth-order valence-electron chi connectivity index (χ4n) is 4.41. The monoisotopic (exact) mass is 457 g/mol. The van der Waals surface area contributed by atoms with E-state index in [0.717, 1.165) is 17.7 Å². The first-order chi connectivity index (χ1) is 16.7. The molecule has 1 saturated carbocycles.